The Balaban J connectivity index is 3.54. The first-order valence-corrected chi connectivity index (χ1v) is 2.11. The zero-order chi connectivity index (χ0) is 6.08. The van der Waals surface area contributed by atoms with E-state index in [1.807, 2.05) is 0 Å². The van der Waals surface area contributed by atoms with E-state index in [1.54, 1.807) is 20.8 Å². The second-order valence-electron chi connectivity index (χ2n) is 2.44. The average molecular weight is 104 g/mol. The lowest BCUT2D eigenvalue weighted by Crippen LogP contribution is -2.33. The lowest BCUT2D eigenvalue weighted by molar-refractivity contribution is -0.109. The molecule has 1 N–H and O–H groups in total. The van der Waals surface area contributed by atoms with Crippen LogP contribution in [0.2, 0.25) is 0 Å². The number of rotatable bonds is 0. The predicted octanol–water partition coefficient (Wildman–Crippen LogP) is 0.974. The molecule has 0 aromatic heterocycles. The molecule has 0 aliphatic carbocycles. The van der Waals surface area contributed by atoms with Gasteiger partial charge in [-0.15, -0.1) is 0 Å². The second-order valence-corrected chi connectivity index (χ2v) is 2.44. The van der Waals surface area contributed by atoms with Gasteiger partial charge in [-0.3, -0.25) is 5.23 Å². The molecule has 0 rings (SSSR count). The molecule has 0 aliphatic heterocycles. The maximum atomic E-state index is 9.94. The Kier molecular flexibility index (Phi) is 1.75. The minimum atomic E-state index is -0.667. The zero-order valence-corrected chi connectivity index (χ0v) is 4.80. The molecule has 0 saturated heterocycles. The number of hydrogen-bond acceptors (Lipinski definition) is 3. The summed E-state index contributed by atoms with van der Waals surface area (Å²) in [6.45, 7) is 4.88. The predicted molar refractivity (Wildman–Crippen MR) is 26.7 cm³/mol. The van der Waals surface area contributed by atoms with Gasteiger partial charge >= 0.3 is 0 Å². The molecule has 3 heteroatoms. The molecular weight excluding hydrogens is 94.0 g/mol. The highest BCUT2D eigenvalue weighted by Crippen LogP contribution is 2.06. The minimum absolute atomic E-state index is 0.0625. The summed E-state index contributed by atoms with van der Waals surface area (Å²) in [5.41, 5.74) is -0.667. The number of hydrogen-bond donors (Lipinski definition) is 1. The Bertz CT molecular complexity index is 55.2. The fraction of sp³-hybridized carbons (Fsp3) is 1.00. The summed E-state index contributed by atoms with van der Waals surface area (Å²) in [4.78, 5) is 0. The van der Waals surface area contributed by atoms with E-state index in [-0.39, 0.29) is 5.23 Å². The van der Waals surface area contributed by atoms with Crippen LogP contribution in [-0.2, 0) is 0 Å². The van der Waals surface area contributed by atoms with Crippen LogP contribution in [0.15, 0.2) is 0 Å². The first-order valence-electron chi connectivity index (χ1n) is 2.11. The SMILES string of the molecule is CC(C)(C)N([O-])O. The standard InChI is InChI=1S/C4H10NO2/c1-4(2,3)5(6)7/h6H,1-3H3/q-1. The second kappa shape index (κ2) is 1.78. The Morgan fingerprint density at radius 3 is 1.57 bits per heavy atom. The molecule has 0 unspecified atom stereocenters. The van der Waals surface area contributed by atoms with Gasteiger partial charge in [-0.25, -0.2) is 0 Å². The van der Waals surface area contributed by atoms with Crippen molar-refractivity contribution < 1.29 is 5.21 Å². The summed E-state index contributed by atoms with van der Waals surface area (Å²) in [5.74, 6) is 0. The molecule has 44 valence electrons. The molecule has 0 atom stereocenters. The van der Waals surface area contributed by atoms with E-state index in [1.165, 1.54) is 0 Å². The van der Waals surface area contributed by atoms with E-state index >= 15 is 0 Å². The van der Waals surface area contributed by atoms with Crippen LogP contribution in [0, 0.1) is 5.21 Å². The topological polar surface area (TPSA) is 46.5 Å². The van der Waals surface area contributed by atoms with Crippen LogP contribution >= 0.6 is 0 Å². The Labute approximate surface area is 43.1 Å². The monoisotopic (exact) mass is 104 g/mol. The summed E-state index contributed by atoms with van der Waals surface area (Å²) in [5, 5.41) is 18.0. The highest BCUT2D eigenvalue weighted by Gasteiger charge is 2.08. The van der Waals surface area contributed by atoms with Crippen molar-refractivity contribution in [3.63, 3.8) is 0 Å². The summed E-state index contributed by atoms with van der Waals surface area (Å²) in [6.07, 6.45) is 0. The van der Waals surface area contributed by atoms with Gasteiger partial charge in [-0.2, -0.15) is 0 Å². The van der Waals surface area contributed by atoms with Crippen molar-refractivity contribution in [3.05, 3.63) is 5.21 Å². The Morgan fingerprint density at radius 1 is 1.43 bits per heavy atom. The molecule has 0 bridgehead atoms. The molecular formula is C4H10NO2-. The van der Waals surface area contributed by atoms with E-state index in [0.29, 0.717) is 0 Å². The van der Waals surface area contributed by atoms with Gasteiger partial charge in [0.1, 0.15) is 0 Å². The minimum Gasteiger partial charge on any atom is -0.762 e. The van der Waals surface area contributed by atoms with Crippen LogP contribution in [-0.4, -0.2) is 16.0 Å². The molecule has 0 saturated carbocycles. The first-order chi connectivity index (χ1) is 2.94. The third-order valence-corrected chi connectivity index (χ3v) is 0.574. The largest absolute Gasteiger partial charge is 0.762 e. The molecule has 3 nitrogen and oxygen atoms in total. The van der Waals surface area contributed by atoms with E-state index in [9.17, 15) is 5.21 Å². The van der Waals surface area contributed by atoms with Gasteiger partial charge in [0.05, 0.1) is 0 Å². The molecule has 7 heavy (non-hydrogen) atoms. The van der Waals surface area contributed by atoms with Gasteiger partial charge in [0, 0.05) is 5.54 Å². The van der Waals surface area contributed by atoms with Crippen molar-refractivity contribution in [1.29, 1.82) is 0 Å². The summed E-state index contributed by atoms with van der Waals surface area (Å²) < 4.78 is 0. The van der Waals surface area contributed by atoms with Gasteiger partial charge in [-0.05, 0) is 20.8 Å². The Hall–Kier alpha value is -0.120. The molecule has 0 aromatic rings. The molecule has 0 aromatic carbocycles. The van der Waals surface area contributed by atoms with Gasteiger partial charge in [0.15, 0.2) is 0 Å². The smallest absolute Gasteiger partial charge is 0.0243 e. The highest BCUT2D eigenvalue weighted by molar-refractivity contribution is 4.67. The van der Waals surface area contributed by atoms with Crippen molar-refractivity contribution in [2.45, 2.75) is 26.3 Å². The van der Waals surface area contributed by atoms with Crippen LogP contribution in [0.5, 0.6) is 0 Å². The van der Waals surface area contributed by atoms with Crippen LogP contribution in [0.1, 0.15) is 20.8 Å². The zero-order valence-electron chi connectivity index (χ0n) is 4.80. The molecule has 0 radical (unpaired) electrons. The first kappa shape index (κ1) is 6.88. The Morgan fingerprint density at radius 2 is 1.57 bits per heavy atom. The lowest BCUT2D eigenvalue weighted by Gasteiger charge is -2.34. The maximum Gasteiger partial charge on any atom is 0.0243 e. The fourth-order valence-electron chi connectivity index (χ4n) is 0. The van der Waals surface area contributed by atoms with Crippen LogP contribution in [0.25, 0.3) is 0 Å². The number of nitrogens with zero attached hydrogens (tertiary/aromatic N) is 1. The summed E-state index contributed by atoms with van der Waals surface area (Å²) >= 11 is 0. The van der Waals surface area contributed by atoms with E-state index in [4.69, 9.17) is 5.21 Å². The van der Waals surface area contributed by atoms with Crippen molar-refractivity contribution >= 4 is 0 Å². The maximum absolute atomic E-state index is 9.94. The summed E-state index contributed by atoms with van der Waals surface area (Å²) in [6, 6.07) is 0. The van der Waals surface area contributed by atoms with E-state index in [0.717, 1.165) is 0 Å². The third-order valence-electron chi connectivity index (χ3n) is 0.574. The van der Waals surface area contributed by atoms with Crippen LogP contribution in [0.4, 0.5) is 0 Å². The molecule has 0 fully saturated rings. The van der Waals surface area contributed by atoms with Gasteiger partial charge < -0.3 is 10.4 Å². The molecule has 0 amide bonds. The van der Waals surface area contributed by atoms with Crippen molar-refractivity contribution in [3.8, 4) is 0 Å². The quantitative estimate of drug-likeness (QED) is 0.466. The van der Waals surface area contributed by atoms with Crippen LogP contribution < -0.4 is 0 Å². The van der Waals surface area contributed by atoms with Gasteiger partial charge in [0.25, 0.3) is 0 Å². The van der Waals surface area contributed by atoms with Crippen LogP contribution in [0.3, 0.4) is 0 Å². The molecule has 0 aliphatic rings. The third kappa shape index (κ3) is 2.56. The lowest BCUT2D eigenvalue weighted by atomic mass is 10.1. The van der Waals surface area contributed by atoms with Gasteiger partial charge in [-0.1, -0.05) is 0 Å². The molecule has 0 spiro atoms. The van der Waals surface area contributed by atoms with E-state index in [2.05, 4.69) is 0 Å². The highest BCUT2D eigenvalue weighted by atomic mass is 16.8. The number of hydroxylamine groups is 2. The van der Waals surface area contributed by atoms with E-state index < -0.39 is 5.54 Å². The normalized spacial score (nSPS) is 12.9. The van der Waals surface area contributed by atoms with Gasteiger partial charge in [0.2, 0.25) is 0 Å². The van der Waals surface area contributed by atoms with Crippen molar-refractivity contribution in [2.75, 3.05) is 0 Å². The average Bonchev–Trinajstić information content (AvgIpc) is 1.31. The van der Waals surface area contributed by atoms with Crippen molar-refractivity contribution in [1.82, 2.24) is 5.23 Å². The summed E-state index contributed by atoms with van der Waals surface area (Å²) in [7, 11) is 0. The molecule has 0 heterocycles. The van der Waals surface area contributed by atoms with Crippen molar-refractivity contribution in [2.24, 2.45) is 0 Å². The fourth-order valence-corrected chi connectivity index (χ4v) is 0.